The van der Waals surface area contributed by atoms with Crippen molar-refractivity contribution in [1.29, 1.82) is 0 Å². The summed E-state index contributed by atoms with van der Waals surface area (Å²) in [4.78, 5) is 0. The number of aromatic nitrogens is 8. The second kappa shape index (κ2) is 5.17. The van der Waals surface area contributed by atoms with Crippen LogP contribution in [0.15, 0.2) is 48.5 Å². The molecular formula is C14H10N8. The van der Waals surface area contributed by atoms with Gasteiger partial charge < -0.3 is 0 Å². The van der Waals surface area contributed by atoms with Crippen LogP contribution >= 0.6 is 0 Å². The fraction of sp³-hybridized carbons (Fsp3) is 0. The van der Waals surface area contributed by atoms with E-state index in [9.17, 15) is 0 Å². The van der Waals surface area contributed by atoms with E-state index >= 15 is 0 Å². The van der Waals surface area contributed by atoms with E-state index in [1.807, 2.05) is 48.5 Å². The van der Waals surface area contributed by atoms with Crippen LogP contribution in [0.4, 0.5) is 0 Å². The molecule has 0 spiro atoms. The van der Waals surface area contributed by atoms with Crippen LogP contribution in [0.5, 0.6) is 0 Å². The first kappa shape index (κ1) is 12.3. The molecule has 2 aromatic carbocycles. The van der Waals surface area contributed by atoms with Gasteiger partial charge in [0.15, 0.2) is 0 Å². The standard InChI is InChI=1S/C14H10N8/c1-2-11(8-12(3-1)14-17-21-22-18-14)9-4-6-10(7-5-9)13-15-19-20-16-13/h1-8H,(H,15,16,19,20)(H,17,18,21,22). The van der Waals surface area contributed by atoms with Gasteiger partial charge in [-0.1, -0.05) is 42.5 Å². The van der Waals surface area contributed by atoms with Crippen LogP contribution in [0.25, 0.3) is 33.9 Å². The molecule has 0 radical (unpaired) electrons. The van der Waals surface area contributed by atoms with Crippen LogP contribution in [0.3, 0.4) is 0 Å². The molecule has 0 saturated heterocycles. The highest BCUT2D eigenvalue weighted by Crippen LogP contribution is 2.25. The van der Waals surface area contributed by atoms with E-state index in [0.29, 0.717) is 11.6 Å². The van der Waals surface area contributed by atoms with Crippen LogP contribution in [0, 0.1) is 0 Å². The number of benzene rings is 2. The quantitative estimate of drug-likeness (QED) is 0.594. The van der Waals surface area contributed by atoms with Crippen LogP contribution in [-0.4, -0.2) is 41.2 Å². The summed E-state index contributed by atoms with van der Waals surface area (Å²) in [6, 6.07) is 15.9. The van der Waals surface area contributed by atoms with Crippen molar-refractivity contribution >= 4 is 0 Å². The van der Waals surface area contributed by atoms with E-state index in [1.54, 1.807) is 0 Å². The van der Waals surface area contributed by atoms with Crippen molar-refractivity contribution in [2.24, 2.45) is 0 Å². The van der Waals surface area contributed by atoms with Gasteiger partial charge in [-0.05, 0) is 27.6 Å². The SMILES string of the molecule is c1cc(-c2ccc(-c3nn[nH]n3)cc2)cc(-c2nn[nH]n2)c1. The number of rotatable bonds is 3. The van der Waals surface area contributed by atoms with E-state index < -0.39 is 0 Å². The number of hydrogen-bond acceptors (Lipinski definition) is 6. The van der Waals surface area contributed by atoms with E-state index in [2.05, 4.69) is 41.2 Å². The van der Waals surface area contributed by atoms with Gasteiger partial charge >= 0.3 is 0 Å². The summed E-state index contributed by atoms with van der Waals surface area (Å²) in [6.45, 7) is 0. The molecule has 0 unspecified atom stereocenters. The third kappa shape index (κ3) is 2.22. The Morgan fingerprint density at radius 2 is 1.18 bits per heavy atom. The summed E-state index contributed by atoms with van der Waals surface area (Å²) < 4.78 is 0. The van der Waals surface area contributed by atoms with Crippen molar-refractivity contribution < 1.29 is 0 Å². The fourth-order valence-electron chi connectivity index (χ4n) is 2.22. The monoisotopic (exact) mass is 290 g/mol. The van der Waals surface area contributed by atoms with Crippen LogP contribution in [0.1, 0.15) is 0 Å². The maximum absolute atomic E-state index is 3.99. The highest BCUT2D eigenvalue weighted by atomic mass is 15.5. The van der Waals surface area contributed by atoms with E-state index in [-0.39, 0.29) is 0 Å². The summed E-state index contributed by atoms with van der Waals surface area (Å²) in [7, 11) is 0. The minimum Gasteiger partial charge on any atom is -0.177 e. The number of H-pyrrole nitrogens is 2. The Bertz CT molecular complexity index is 866. The fourth-order valence-corrected chi connectivity index (χ4v) is 2.22. The zero-order chi connectivity index (χ0) is 14.8. The minimum atomic E-state index is 0.574. The number of tetrazole rings is 2. The second-order valence-corrected chi connectivity index (χ2v) is 4.63. The van der Waals surface area contributed by atoms with Crippen molar-refractivity contribution in [1.82, 2.24) is 41.2 Å². The molecule has 0 atom stereocenters. The molecule has 22 heavy (non-hydrogen) atoms. The van der Waals surface area contributed by atoms with Gasteiger partial charge in [-0.3, -0.25) is 0 Å². The first-order valence-corrected chi connectivity index (χ1v) is 6.58. The maximum Gasteiger partial charge on any atom is 0.204 e. The zero-order valence-electron chi connectivity index (χ0n) is 11.3. The molecule has 0 aliphatic rings. The molecule has 0 aliphatic heterocycles. The molecule has 2 heterocycles. The van der Waals surface area contributed by atoms with Gasteiger partial charge in [-0.25, -0.2) is 0 Å². The average molecular weight is 290 g/mol. The highest BCUT2D eigenvalue weighted by molar-refractivity contribution is 5.71. The lowest BCUT2D eigenvalue weighted by Crippen LogP contribution is -1.85. The zero-order valence-corrected chi connectivity index (χ0v) is 11.3. The van der Waals surface area contributed by atoms with Crippen molar-refractivity contribution in [3.8, 4) is 33.9 Å². The lowest BCUT2D eigenvalue weighted by Gasteiger charge is -2.04. The Kier molecular flexibility index (Phi) is 2.90. The third-order valence-electron chi connectivity index (χ3n) is 3.29. The molecule has 0 aliphatic carbocycles. The number of hydrogen-bond donors (Lipinski definition) is 2. The molecule has 8 heteroatoms. The normalized spacial score (nSPS) is 10.7. The molecule has 0 bridgehead atoms. The Morgan fingerprint density at radius 1 is 0.591 bits per heavy atom. The molecule has 2 aromatic heterocycles. The molecule has 0 amide bonds. The van der Waals surface area contributed by atoms with E-state index in [0.717, 1.165) is 22.3 Å². The molecule has 4 aromatic rings. The topological polar surface area (TPSA) is 109 Å². The molecule has 0 saturated carbocycles. The smallest absolute Gasteiger partial charge is 0.177 e. The third-order valence-corrected chi connectivity index (χ3v) is 3.29. The van der Waals surface area contributed by atoms with Crippen LogP contribution in [-0.2, 0) is 0 Å². The summed E-state index contributed by atoms with van der Waals surface area (Å²) in [5, 5.41) is 28.0. The largest absolute Gasteiger partial charge is 0.204 e. The lowest BCUT2D eigenvalue weighted by atomic mass is 10.0. The summed E-state index contributed by atoms with van der Waals surface area (Å²) >= 11 is 0. The van der Waals surface area contributed by atoms with Crippen LogP contribution < -0.4 is 0 Å². The molecule has 2 N–H and O–H groups in total. The van der Waals surface area contributed by atoms with Crippen molar-refractivity contribution in [2.45, 2.75) is 0 Å². The Balaban J connectivity index is 1.69. The van der Waals surface area contributed by atoms with Gasteiger partial charge in [0.25, 0.3) is 0 Å². The van der Waals surface area contributed by atoms with E-state index in [1.165, 1.54) is 0 Å². The van der Waals surface area contributed by atoms with Crippen molar-refractivity contribution in [3.63, 3.8) is 0 Å². The first-order valence-electron chi connectivity index (χ1n) is 6.58. The number of nitrogens with zero attached hydrogens (tertiary/aromatic N) is 6. The minimum absolute atomic E-state index is 0.574. The van der Waals surface area contributed by atoms with E-state index in [4.69, 9.17) is 0 Å². The summed E-state index contributed by atoms with van der Waals surface area (Å²) in [5.74, 6) is 1.15. The van der Waals surface area contributed by atoms with Gasteiger partial charge in [0.1, 0.15) is 0 Å². The predicted molar refractivity (Wildman–Crippen MR) is 78.2 cm³/mol. The molecule has 0 fully saturated rings. The molecule has 106 valence electrons. The Hall–Kier alpha value is -3.42. The Labute approximate surface area is 124 Å². The molecular weight excluding hydrogens is 280 g/mol. The lowest BCUT2D eigenvalue weighted by molar-refractivity contribution is 0.881. The second-order valence-electron chi connectivity index (χ2n) is 4.63. The van der Waals surface area contributed by atoms with Gasteiger partial charge in [0.2, 0.25) is 11.6 Å². The summed E-state index contributed by atoms with van der Waals surface area (Å²) in [5.41, 5.74) is 3.97. The van der Waals surface area contributed by atoms with Gasteiger partial charge in [-0.2, -0.15) is 10.4 Å². The van der Waals surface area contributed by atoms with Crippen molar-refractivity contribution in [3.05, 3.63) is 48.5 Å². The van der Waals surface area contributed by atoms with Crippen molar-refractivity contribution in [2.75, 3.05) is 0 Å². The van der Waals surface area contributed by atoms with Gasteiger partial charge in [-0.15, -0.1) is 20.4 Å². The maximum atomic E-state index is 3.99. The first-order chi connectivity index (χ1) is 10.9. The van der Waals surface area contributed by atoms with Crippen LogP contribution in [0.2, 0.25) is 0 Å². The molecule has 8 nitrogen and oxygen atoms in total. The number of aromatic amines is 2. The Morgan fingerprint density at radius 3 is 1.82 bits per heavy atom. The van der Waals surface area contributed by atoms with Gasteiger partial charge in [0.05, 0.1) is 0 Å². The molecule has 4 rings (SSSR count). The average Bonchev–Trinajstić information content (AvgIpc) is 3.29. The highest BCUT2D eigenvalue weighted by Gasteiger charge is 2.06. The van der Waals surface area contributed by atoms with Gasteiger partial charge in [0, 0.05) is 11.1 Å². The predicted octanol–water partition coefficient (Wildman–Crippen LogP) is 1.71. The summed E-state index contributed by atoms with van der Waals surface area (Å²) in [6.07, 6.45) is 0. The number of nitrogens with one attached hydrogen (secondary N) is 2.